The Morgan fingerprint density at radius 1 is 0.609 bits per heavy atom. The number of rotatable bonds is 14. The molecule has 8 nitrogen and oxygen atoms in total. The molecule has 2 N–H and O–H groups in total. The van der Waals surface area contributed by atoms with Crippen molar-refractivity contribution in [1.82, 2.24) is 30.4 Å². The van der Waals surface area contributed by atoms with E-state index in [1.807, 2.05) is 36.4 Å². The molecule has 0 atom stereocenters. The van der Waals surface area contributed by atoms with Crippen LogP contribution in [-0.4, -0.2) is 83.9 Å². The fourth-order valence-electron chi connectivity index (χ4n) is 7.55. The number of aromatic nitrogens is 2. The van der Waals surface area contributed by atoms with Gasteiger partial charge in [0.05, 0.1) is 11.1 Å². The van der Waals surface area contributed by atoms with Crippen LogP contribution in [0.2, 0.25) is 0 Å². The summed E-state index contributed by atoms with van der Waals surface area (Å²) in [6.45, 7) is 7.10. The summed E-state index contributed by atoms with van der Waals surface area (Å²) in [6.07, 6.45) is 15.7. The van der Waals surface area contributed by atoms with Crippen molar-refractivity contribution in [2.75, 3.05) is 52.4 Å². The Hall–Kier alpha value is -5.80. The number of nitrogens with one attached hydrogen (secondary N) is 2. The lowest BCUT2D eigenvalue weighted by Gasteiger charge is -2.31. The summed E-state index contributed by atoms with van der Waals surface area (Å²) < 4.78 is 54.1. The van der Waals surface area contributed by atoms with Gasteiger partial charge in [-0.25, -0.2) is 27.5 Å². The van der Waals surface area contributed by atoms with Crippen LogP contribution in [-0.2, 0) is 0 Å². The van der Waals surface area contributed by atoms with Gasteiger partial charge in [-0.15, -0.1) is 22.7 Å². The molecule has 2 saturated heterocycles. The smallest absolute Gasteiger partial charge is 0.280 e. The largest absolute Gasteiger partial charge is 0.351 e. The Bertz CT molecular complexity index is 2320. The fraction of sp³-hybridized carbons (Fsp3) is 0.280. The van der Waals surface area contributed by atoms with E-state index >= 15 is 0 Å². The Labute approximate surface area is 379 Å². The molecule has 0 saturated carbocycles. The Morgan fingerprint density at radius 2 is 1.11 bits per heavy atom. The van der Waals surface area contributed by atoms with Crippen LogP contribution in [0, 0.1) is 35.1 Å². The second-order valence-corrected chi connectivity index (χ2v) is 17.9. The van der Waals surface area contributed by atoms with E-state index in [9.17, 15) is 27.2 Å². The minimum Gasteiger partial charge on any atom is -0.351 e. The number of benzene rings is 4. The number of amides is 2. The molecule has 0 spiro atoms. The van der Waals surface area contributed by atoms with Gasteiger partial charge in [0.15, 0.2) is 5.01 Å². The highest BCUT2D eigenvalue weighted by molar-refractivity contribution is 7.17. The average Bonchev–Trinajstić information content (AvgIpc) is 4.01. The lowest BCUT2D eigenvalue weighted by atomic mass is 9.97. The van der Waals surface area contributed by atoms with Crippen LogP contribution in [0.5, 0.6) is 0 Å². The van der Waals surface area contributed by atoms with Gasteiger partial charge < -0.3 is 10.6 Å². The number of carbonyl (C=O) groups excluding carboxylic acids is 2. The molecule has 332 valence electrons. The van der Waals surface area contributed by atoms with Crippen LogP contribution in [0.15, 0.2) is 122 Å². The summed E-state index contributed by atoms with van der Waals surface area (Å²) in [6, 6.07) is 27.3. The molecule has 0 aliphatic carbocycles. The number of thiazole rings is 2. The van der Waals surface area contributed by atoms with Gasteiger partial charge in [0.2, 0.25) is 0 Å². The predicted molar refractivity (Wildman–Crippen MR) is 249 cm³/mol. The number of hydrogen-bond acceptors (Lipinski definition) is 8. The van der Waals surface area contributed by atoms with E-state index in [1.165, 1.54) is 47.8 Å². The number of likely N-dealkylation sites (tertiary alicyclic amines) is 2. The molecule has 0 radical (unpaired) electrons. The van der Waals surface area contributed by atoms with Crippen molar-refractivity contribution < 1.29 is 27.2 Å². The van der Waals surface area contributed by atoms with Crippen LogP contribution in [0.3, 0.4) is 0 Å². The van der Waals surface area contributed by atoms with Gasteiger partial charge in [0, 0.05) is 55.6 Å². The summed E-state index contributed by atoms with van der Waals surface area (Å²) in [4.78, 5) is 39.0. The van der Waals surface area contributed by atoms with E-state index in [1.54, 1.807) is 0 Å². The number of hydrogen-bond donors (Lipinski definition) is 2. The molecule has 6 aromatic rings. The third kappa shape index (κ3) is 13.6. The van der Waals surface area contributed by atoms with Crippen molar-refractivity contribution >= 4 is 46.6 Å². The first kappa shape index (κ1) is 46.2. The highest BCUT2D eigenvalue weighted by Crippen LogP contribution is 2.30. The standard InChI is InChI=1S/2C25H25F2N3OS/c26-20-8-9-21(22(27)15-20)25-29-17-23(32-25)24(31)28-16-19-10-13-30(14-11-19)12-4-7-18-5-2-1-3-6-18;26-20-8-9-21(22(27)15-20)23-17-29-25(32-23)24(31)28-16-19-10-13-30(14-11-19)12-4-7-18-5-2-1-3-6-18/h2*1-9,15,17,19H,10-14,16H2,(H,28,31)/b2*7-4+. The lowest BCUT2D eigenvalue weighted by molar-refractivity contribution is 0.0931. The molecular formula is C50H50F4N6O2S2. The van der Waals surface area contributed by atoms with Crippen molar-refractivity contribution in [1.29, 1.82) is 0 Å². The topological polar surface area (TPSA) is 90.5 Å². The quantitative estimate of drug-likeness (QED) is 0.106. The van der Waals surface area contributed by atoms with Crippen LogP contribution in [0.25, 0.3) is 33.2 Å². The van der Waals surface area contributed by atoms with E-state index < -0.39 is 23.3 Å². The van der Waals surface area contributed by atoms with E-state index in [-0.39, 0.29) is 27.9 Å². The molecule has 64 heavy (non-hydrogen) atoms. The van der Waals surface area contributed by atoms with Crippen LogP contribution < -0.4 is 10.6 Å². The van der Waals surface area contributed by atoms with Gasteiger partial charge in [-0.05, 0) is 99.1 Å². The Morgan fingerprint density at radius 3 is 1.62 bits per heavy atom. The molecule has 8 rings (SSSR count). The monoisotopic (exact) mass is 906 g/mol. The van der Waals surface area contributed by atoms with Gasteiger partial charge in [-0.2, -0.15) is 0 Å². The number of carbonyl (C=O) groups is 2. The number of halogens is 4. The predicted octanol–water partition coefficient (Wildman–Crippen LogP) is 10.5. The Kier molecular flexibility index (Phi) is 16.8. The molecule has 2 amide bonds. The van der Waals surface area contributed by atoms with Gasteiger partial charge in [0.25, 0.3) is 11.8 Å². The summed E-state index contributed by atoms with van der Waals surface area (Å²) in [5.74, 6) is -2.20. The van der Waals surface area contributed by atoms with Crippen molar-refractivity contribution in [3.05, 3.63) is 166 Å². The summed E-state index contributed by atoms with van der Waals surface area (Å²) in [5.41, 5.74) is 2.86. The zero-order valence-electron chi connectivity index (χ0n) is 35.3. The van der Waals surface area contributed by atoms with Gasteiger partial charge in [0.1, 0.15) is 33.2 Å². The van der Waals surface area contributed by atoms with E-state index in [4.69, 9.17) is 0 Å². The molecule has 2 aliphatic rings. The highest BCUT2D eigenvalue weighted by atomic mass is 32.1. The molecule has 4 aromatic carbocycles. The molecule has 0 unspecified atom stereocenters. The number of nitrogens with zero attached hydrogens (tertiary/aromatic N) is 4. The van der Waals surface area contributed by atoms with Crippen LogP contribution >= 0.6 is 22.7 Å². The lowest BCUT2D eigenvalue weighted by Crippen LogP contribution is -2.38. The van der Waals surface area contributed by atoms with Crippen molar-refractivity contribution in [2.45, 2.75) is 25.7 Å². The van der Waals surface area contributed by atoms with Gasteiger partial charge >= 0.3 is 0 Å². The Balaban J connectivity index is 0.000000191. The normalized spacial score (nSPS) is 15.3. The van der Waals surface area contributed by atoms with E-state index in [2.05, 4.69) is 79.0 Å². The minimum atomic E-state index is -0.684. The maximum absolute atomic E-state index is 14.0. The van der Waals surface area contributed by atoms with Crippen molar-refractivity contribution in [2.24, 2.45) is 11.8 Å². The third-order valence-electron chi connectivity index (χ3n) is 11.3. The van der Waals surface area contributed by atoms with Gasteiger partial charge in [-0.3, -0.25) is 19.4 Å². The molecular weight excluding hydrogens is 857 g/mol. The summed E-state index contributed by atoms with van der Waals surface area (Å²) >= 11 is 2.21. The van der Waals surface area contributed by atoms with Crippen LogP contribution in [0.1, 0.15) is 56.3 Å². The minimum absolute atomic E-state index is 0.198. The van der Waals surface area contributed by atoms with Crippen molar-refractivity contribution in [3.63, 3.8) is 0 Å². The van der Waals surface area contributed by atoms with Crippen LogP contribution in [0.4, 0.5) is 17.6 Å². The first-order chi connectivity index (χ1) is 31.2. The first-order valence-electron chi connectivity index (χ1n) is 21.4. The zero-order chi connectivity index (χ0) is 44.7. The summed E-state index contributed by atoms with van der Waals surface area (Å²) in [7, 11) is 0. The summed E-state index contributed by atoms with van der Waals surface area (Å²) in [5, 5.41) is 6.59. The van der Waals surface area contributed by atoms with Gasteiger partial charge in [-0.1, -0.05) is 85.0 Å². The average molecular weight is 907 g/mol. The maximum Gasteiger partial charge on any atom is 0.280 e. The second-order valence-electron chi connectivity index (χ2n) is 15.8. The molecule has 14 heteroatoms. The zero-order valence-corrected chi connectivity index (χ0v) is 36.9. The maximum atomic E-state index is 14.0. The SMILES string of the molecule is O=C(NCC1CCN(C/C=C/c2ccccc2)CC1)c1cnc(-c2ccc(F)cc2F)s1.O=C(NCC1CCN(C/C=C/c2ccccc2)CC1)c1ncc(-c2ccc(F)cc2F)s1. The van der Waals surface area contributed by atoms with E-state index in [0.717, 1.165) is 99.8 Å². The van der Waals surface area contributed by atoms with Crippen molar-refractivity contribution in [3.8, 4) is 21.0 Å². The molecule has 2 fully saturated rings. The second kappa shape index (κ2) is 23.2. The third-order valence-corrected chi connectivity index (χ3v) is 13.3. The van der Waals surface area contributed by atoms with E-state index in [0.29, 0.717) is 39.7 Å². The first-order valence-corrected chi connectivity index (χ1v) is 23.1. The fourth-order valence-corrected chi connectivity index (χ4v) is 9.27. The number of piperidine rings is 2. The molecule has 4 heterocycles. The molecule has 2 aromatic heterocycles. The highest BCUT2D eigenvalue weighted by Gasteiger charge is 2.22. The molecule has 2 aliphatic heterocycles. The molecule has 0 bridgehead atoms.